The van der Waals surface area contributed by atoms with E-state index in [-0.39, 0.29) is 23.6 Å². The Morgan fingerprint density at radius 1 is 1.32 bits per heavy atom. The van der Waals surface area contributed by atoms with Crippen molar-refractivity contribution >= 4 is 29.6 Å². The predicted octanol–water partition coefficient (Wildman–Crippen LogP) is 3.81. The molecule has 5 nitrogen and oxygen atoms in total. The van der Waals surface area contributed by atoms with E-state index >= 15 is 0 Å². The van der Waals surface area contributed by atoms with Crippen LogP contribution >= 0.6 is 11.6 Å². The molecule has 0 atom stereocenters. The summed E-state index contributed by atoms with van der Waals surface area (Å²) >= 11 is 6.00. The van der Waals surface area contributed by atoms with Crippen LogP contribution in [0.1, 0.15) is 18.2 Å². The fraction of sp³-hybridized carbons (Fsp3) is 0.158. The Bertz CT molecular complexity index is 881. The minimum atomic E-state index is -0.555. The monoisotopic (exact) mass is 357 g/mol. The summed E-state index contributed by atoms with van der Waals surface area (Å²) in [6.45, 7) is 1.96. The minimum Gasteiger partial charge on any atom is -0.467 e. The molecule has 2 aromatic rings. The van der Waals surface area contributed by atoms with Crippen LogP contribution in [0.2, 0.25) is 5.02 Å². The molecule has 1 amide bonds. The van der Waals surface area contributed by atoms with Gasteiger partial charge >= 0.3 is 5.97 Å². The molecule has 6 heteroatoms. The number of hydrogen-bond acceptors (Lipinski definition) is 4. The second-order valence-electron chi connectivity index (χ2n) is 5.54. The van der Waals surface area contributed by atoms with Gasteiger partial charge in [-0.2, -0.15) is 0 Å². The highest BCUT2D eigenvalue weighted by atomic mass is 35.5. The molecule has 0 fully saturated rings. The molecule has 1 aromatic heterocycles. The van der Waals surface area contributed by atoms with Crippen LogP contribution < -0.4 is 0 Å². The number of nitrogens with zero attached hydrogens (tertiary/aromatic N) is 1. The topological polar surface area (TPSA) is 59.8 Å². The number of esters is 1. The third-order valence-electron chi connectivity index (χ3n) is 3.95. The molecule has 1 aromatic carbocycles. The largest absolute Gasteiger partial charge is 0.467 e. The predicted molar refractivity (Wildman–Crippen MR) is 93.4 cm³/mol. The van der Waals surface area contributed by atoms with Crippen molar-refractivity contribution in [1.29, 1.82) is 0 Å². The number of carbonyl (C=O) groups excluding carboxylic acids is 2. The number of hydrogen-bond donors (Lipinski definition) is 0. The number of amides is 1. The lowest BCUT2D eigenvalue weighted by molar-refractivity contribution is -0.136. The third-order valence-corrected chi connectivity index (χ3v) is 4.19. The Hall–Kier alpha value is -2.79. The summed E-state index contributed by atoms with van der Waals surface area (Å²) in [6.07, 6.45) is 3.19. The van der Waals surface area contributed by atoms with Gasteiger partial charge in [-0.25, -0.2) is 4.79 Å². The maximum atomic E-state index is 12.9. The lowest BCUT2D eigenvalue weighted by Gasteiger charge is -2.16. The first-order chi connectivity index (χ1) is 12.0. The Kier molecular flexibility index (Phi) is 4.76. The number of furan rings is 1. The van der Waals surface area contributed by atoms with Crippen LogP contribution in [0, 0.1) is 0 Å². The Morgan fingerprint density at radius 2 is 2.12 bits per heavy atom. The van der Waals surface area contributed by atoms with E-state index in [2.05, 4.69) is 0 Å². The fourth-order valence-electron chi connectivity index (χ4n) is 2.74. The highest BCUT2D eigenvalue weighted by molar-refractivity contribution is 6.30. The normalized spacial score (nSPS) is 16.0. The van der Waals surface area contributed by atoms with Gasteiger partial charge in [0.05, 0.1) is 31.1 Å². The molecular weight excluding hydrogens is 342 g/mol. The zero-order chi connectivity index (χ0) is 18.0. The van der Waals surface area contributed by atoms with E-state index in [9.17, 15) is 9.59 Å². The van der Waals surface area contributed by atoms with Gasteiger partial charge in [-0.3, -0.25) is 4.79 Å². The van der Waals surface area contributed by atoms with Crippen LogP contribution in [-0.4, -0.2) is 23.9 Å². The second-order valence-corrected chi connectivity index (χ2v) is 5.97. The van der Waals surface area contributed by atoms with Gasteiger partial charge in [-0.1, -0.05) is 23.7 Å². The molecule has 0 saturated heterocycles. The van der Waals surface area contributed by atoms with Crippen molar-refractivity contribution in [3.63, 3.8) is 0 Å². The highest BCUT2D eigenvalue weighted by Crippen LogP contribution is 2.33. The van der Waals surface area contributed by atoms with Crippen LogP contribution in [-0.2, 0) is 20.9 Å². The van der Waals surface area contributed by atoms with E-state index in [0.29, 0.717) is 16.5 Å². The Morgan fingerprint density at radius 3 is 2.76 bits per heavy atom. The van der Waals surface area contributed by atoms with Crippen molar-refractivity contribution in [1.82, 2.24) is 4.90 Å². The van der Waals surface area contributed by atoms with Crippen molar-refractivity contribution < 1.29 is 18.7 Å². The fourth-order valence-corrected chi connectivity index (χ4v) is 2.94. The van der Waals surface area contributed by atoms with Crippen molar-refractivity contribution in [2.75, 3.05) is 7.11 Å². The van der Waals surface area contributed by atoms with Gasteiger partial charge in [0.1, 0.15) is 5.76 Å². The molecule has 0 aliphatic carbocycles. The molecule has 0 saturated carbocycles. The molecule has 2 heterocycles. The molecule has 3 rings (SSSR count). The Labute approximate surface area is 150 Å². The molecule has 0 unspecified atom stereocenters. The Balaban J connectivity index is 2.04. The van der Waals surface area contributed by atoms with E-state index in [0.717, 1.165) is 5.56 Å². The van der Waals surface area contributed by atoms with Crippen molar-refractivity contribution in [2.24, 2.45) is 0 Å². The van der Waals surface area contributed by atoms with Gasteiger partial charge in [0.15, 0.2) is 0 Å². The van der Waals surface area contributed by atoms with Crippen molar-refractivity contribution in [2.45, 2.75) is 13.5 Å². The van der Waals surface area contributed by atoms with Crippen molar-refractivity contribution in [3.05, 3.63) is 75.9 Å². The standard InChI is InChI=1S/C19H16ClNO4/c1-12-17(19(23)24-2)16(10-13-5-3-6-14(20)9-13)18(22)21(12)11-15-7-4-8-25-15/h3-10H,11H2,1-2H3/b16-10-. The van der Waals surface area contributed by atoms with Crippen LogP contribution in [0.5, 0.6) is 0 Å². The third kappa shape index (κ3) is 3.37. The number of halogens is 1. The molecule has 25 heavy (non-hydrogen) atoms. The summed E-state index contributed by atoms with van der Waals surface area (Å²) in [4.78, 5) is 26.6. The lowest BCUT2D eigenvalue weighted by Crippen LogP contribution is -2.24. The first-order valence-corrected chi connectivity index (χ1v) is 8.00. The average Bonchev–Trinajstić information content (AvgIpc) is 3.18. The minimum absolute atomic E-state index is 0.241. The van der Waals surface area contributed by atoms with E-state index in [1.165, 1.54) is 12.0 Å². The molecule has 1 aliphatic rings. The molecule has 0 radical (unpaired) electrons. The van der Waals surface area contributed by atoms with Crippen LogP contribution in [0.3, 0.4) is 0 Å². The van der Waals surface area contributed by atoms with Gasteiger partial charge in [0, 0.05) is 10.7 Å². The molecule has 1 aliphatic heterocycles. The summed E-state index contributed by atoms with van der Waals surface area (Å²) in [5.41, 5.74) is 1.78. The number of benzene rings is 1. The number of ether oxygens (including phenoxy) is 1. The van der Waals surface area contributed by atoms with Gasteiger partial charge in [0.25, 0.3) is 5.91 Å². The summed E-state index contributed by atoms with van der Waals surface area (Å²) in [5.74, 6) is -0.212. The number of carbonyl (C=O) groups is 2. The average molecular weight is 358 g/mol. The first kappa shape index (κ1) is 17.0. The van der Waals surface area contributed by atoms with Gasteiger partial charge < -0.3 is 14.1 Å². The summed E-state index contributed by atoms with van der Waals surface area (Å²) in [5, 5.41) is 0.549. The number of methoxy groups -OCH3 is 1. The van der Waals surface area contributed by atoms with E-state index < -0.39 is 5.97 Å². The SMILES string of the molecule is COC(=O)C1=C(C)N(Cc2ccco2)C(=O)/C1=C\c1cccc(Cl)c1. The van der Waals surface area contributed by atoms with Gasteiger partial charge in [0.2, 0.25) is 0 Å². The molecule has 0 bridgehead atoms. The zero-order valence-corrected chi connectivity index (χ0v) is 14.5. The summed E-state index contributed by atoms with van der Waals surface area (Å²) in [6, 6.07) is 10.6. The quantitative estimate of drug-likeness (QED) is 0.616. The summed E-state index contributed by atoms with van der Waals surface area (Å²) in [7, 11) is 1.29. The lowest BCUT2D eigenvalue weighted by atomic mass is 10.0. The summed E-state index contributed by atoms with van der Waals surface area (Å²) < 4.78 is 10.2. The number of allylic oxidation sites excluding steroid dienone is 1. The second kappa shape index (κ2) is 6.99. The van der Waals surface area contributed by atoms with Crippen LogP contribution in [0.25, 0.3) is 6.08 Å². The van der Waals surface area contributed by atoms with E-state index in [1.807, 2.05) is 6.07 Å². The first-order valence-electron chi connectivity index (χ1n) is 7.62. The van der Waals surface area contributed by atoms with Crippen molar-refractivity contribution in [3.8, 4) is 0 Å². The highest BCUT2D eigenvalue weighted by Gasteiger charge is 2.37. The van der Waals surface area contributed by atoms with Gasteiger partial charge in [-0.15, -0.1) is 0 Å². The maximum absolute atomic E-state index is 12.9. The van der Waals surface area contributed by atoms with Crippen LogP contribution in [0.15, 0.2) is 63.9 Å². The number of rotatable bonds is 4. The molecular formula is C19H16ClNO4. The molecule has 0 N–H and O–H groups in total. The van der Waals surface area contributed by atoms with Crippen LogP contribution in [0.4, 0.5) is 0 Å². The van der Waals surface area contributed by atoms with Gasteiger partial charge in [-0.05, 0) is 42.8 Å². The van der Waals surface area contributed by atoms with E-state index in [1.54, 1.807) is 49.6 Å². The van der Waals surface area contributed by atoms with E-state index in [4.69, 9.17) is 20.8 Å². The maximum Gasteiger partial charge on any atom is 0.340 e. The molecule has 0 spiro atoms. The molecule has 128 valence electrons. The zero-order valence-electron chi connectivity index (χ0n) is 13.8. The smallest absolute Gasteiger partial charge is 0.340 e.